The van der Waals surface area contributed by atoms with E-state index in [0.717, 1.165) is 16.6 Å². The largest absolute Gasteiger partial charge is 0.481 e. The van der Waals surface area contributed by atoms with Crippen molar-refractivity contribution in [1.29, 1.82) is 0 Å². The molecule has 0 amide bonds. The molecule has 84 valence electrons. The fourth-order valence-corrected chi connectivity index (χ4v) is 1.71. The Balaban J connectivity index is 2.35. The maximum absolute atomic E-state index is 10.6. The Morgan fingerprint density at radius 3 is 3.00 bits per heavy atom. The molecule has 0 spiro atoms. The predicted molar refractivity (Wildman–Crippen MR) is 59.2 cm³/mol. The lowest BCUT2D eigenvalue weighted by Gasteiger charge is -2.08. The Kier molecular flexibility index (Phi) is 2.60. The van der Waals surface area contributed by atoms with Gasteiger partial charge in [-0.15, -0.1) is 0 Å². The first-order valence-corrected chi connectivity index (χ1v) is 5.07. The second kappa shape index (κ2) is 3.92. The molecule has 1 N–H and O–H groups in total. The van der Waals surface area contributed by atoms with Crippen LogP contribution in [0.25, 0.3) is 11.0 Å². The summed E-state index contributed by atoms with van der Waals surface area (Å²) >= 11 is 0. The standard InChI is InChI=1S/C11H13N3O2/c1-7(3-10(15)16)8-4-9-6-13-14(2)11(9)12-5-8/h4-7H,3H2,1-2H3,(H,15,16). The van der Waals surface area contributed by atoms with E-state index in [4.69, 9.17) is 5.11 Å². The van der Waals surface area contributed by atoms with Crippen molar-refractivity contribution in [2.24, 2.45) is 7.05 Å². The second-order valence-corrected chi connectivity index (χ2v) is 3.95. The molecule has 1 unspecified atom stereocenters. The third kappa shape index (κ3) is 1.88. The highest BCUT2D eigenvalue weighted by molar-refractivity contribution is 5.75. The molecular weight excluding hydrogens is 206 g/mol. The van der Waals surface area contributed by atoms with Gasteiger partial charge in [-0.25, -0.2) is 4.98 Å². The van der Waals surface area contributed by atoms with Gasteiger partial charge in [0.2, 0.25) is 0 Å². The molecule has 0 fully saturated rings. The lowest BCUT2D eigenvalue weighted by molar-refractivity contribution is -0.137. The van der Waals surface area contributed by atoms with Crippen molar-refractivity contribution in [2.75, 3.05) is 0 Å². The van der Waals surface area contributed by atoms with E-state index in [2.05, 4.69) is 10.1 Å². The molecule has 0 saturated heterocycles. The minimum Gasteiger partial charge on any atom is -0.481 e. The van der Waals surface area contributed by atoms with Gasteiger partial charge in [0.25, 0.3) is 0 Å². The molecule has 0 aliphatic rings. The Bertz CT molecular complexity index is 533. The molecule has 0 aromatic carbocycles. The summed E-state index contributed by atoms with van der Waals surface area (Å²) in [6.45, 7) is 1.88. The number of carboxylic acid groups (broad SMARTS) is 1. The van der Waals surface area contributed by atoms with Crippen LogP contribution in [0.3, 0.4) is 0 Å². The van der Waals surface area contributed by atoms with Crippen LogP contribution in [0.15, 0.2) is 18.5 Å². The number of carboxylic acids is 1. The van der Waals surface area contributed by atoms with Gasteiger partial charge in [0.05, 0.1) is 12.6 Å². The van der Waals surface area contributed by atoms with Gasteiger partial charge in [-0.1, -0.05) is 6.92 Å². The normalized spacial score (nSPS) is 12.9. The minimum absolute atomic E-state index is 0.0328. The van der Waals surface area contributed by atoms with Crippen LogP contribution in [-0.2, 0) is 11.8 Å². The summed E-state index contributed by atoms with van der Waals surface area (Å²) in [4.78, 5) is 14.9. The van der Waals surface area contributed by atoms with E-state index in [1.807, 2.05) is 20.0 Å². The van der Waals surface area contributed by atoms with Crippen molar-refractivity contribution in [2.45, 2.75) is 19.3 Å². The van der Waals surface area contributed by atoms with Crippen LogP contribution < -0.4 is 0 Å². The van der Waals surface area contributed by atoms with Crippen molar-refractivity contribution in [3.63, 3.8) is 0 Å². The average molecular weight is 219 g/mol. The van der Waals surface area contributed by atoms with Gasteiger partial charge in [0, 0.05) is 18.6 Å². The SMILES string of the molecule is CC(CC(=O)O)c1cnc2c(cnn2C)c1. The van der Waals surface area contributed by atoms with Crippen molar-refractivity contribution in [3.8, 4) is 0 Å². The van der Waals surface area contributed by atoms with Crippen LogP contribution in [-0.4, -0.2) is 25.8 Å². The highest BCUT2D eigenvalue weighted by Gasteiger charge is 2.12. The predicted octanol–water partition coefficient (Wildman–Crippen LogP) is 1.55. The number of rotatable bonds is 3. The van der Waals surface area contributed by atoms with E-state index in [1.165, 1.54) is 0 Å². The van der Waals surface area contributed by atoms with Crippen molar-refractivity contribution < 1.29 is 9.90 Å². The summed E-state index contributed by atoms with van der Waals surface area (Å²) in [5, 5.41) is 13.8. The molecular formula is C11H13N3O2. The van der Waals surface area contributed by atoms with Crippen molar-refractivity contribution in [3.05, 3.63) is 24.0 Å². The van der Waals surface area contributed by atoms with Gasteiger partial charge < -0.3 is 5.11 Å². The van der Waals surface area contributed by atoms with Crippen LogP contribution >= 0.6 is 0 Å². The Morgan fingerprint density at radius 2 is 2.31 bits per heavy atom. The smallest absolute Gasteiger partial charge is 0.303 e. The summed E-state index contributed by atoms with van der Waals surface area (Å²) in [7, 11) is 1.83. The number of aromatic nitrogens is 3. The maximum atomic E-state index is 10.6. The molecule has 5 heteroatoms. The number of hydrogen-bond acceptors (Lipinski definition) is 3. The van der Waals surface area contributed by atoms with Gasteiger partial charge in [0.15, 0.2) is 5.65 Å². The minimum atomic E-state index is -0.793. The molecule has 0 aliphatic heterocycles. The molecule has 0 bridgehead atoms. The number of nitrogens with zero attached hydrogens (tertiary/aromatic N) is 3. The molecule has 0 saturated carbocycles. The first-order valence-electron chi connectivity index (χ1n) is 5.07. The third-order valence-electron chi connectivity index (χ3n) is 2.64. The lowest BCUT2D eigenvalue weighted by Crippen LogP contribution is -2.03. The van der Waals surface area contributed by atoms with Crippen LogP contribution in [0.2, 0.25) is 0 Å². The molecule has 2 heterocycles. The number of aryl methyl sites for hydroxylation is 1. The summed E-state index contributed by atoms with van der Waals surface area (Å²) < 4.78 is 1.70. The molecule has 0 radical (unpaired) electrons. The summed E-state index contributed by atoms with van der Waals surface area (Å²) in [6.07, 6.45) is 3.57. The van der Waals surface area contributed by atoms with Gasteiger partial charge in [-0.3, -0.25) is 9.48 Å². The monoisotopic (exact) mass is 219 g/mol. The van der Waals surface area contributed by atoms with Gasteiger partial charge in [0.1, 0.15) is 0 Å². The van der Waals surface area contributed by atoms with Crippen LogP contribution in [0.4, 0.5) is 0 Å². The van der Waals surface area contributed by atoms with E-state index in [-0.39, 0.29) is 12.3 Å². The topological polar surface area (TPSA) is 68.0 Å². The summed E-state index contributed by atoms with van der Waals surface area (Å²) in [5.41, 5.74) is 1.74. The van der Waals surface area contributed by atoms with Gasteiger partial charge in [-0.2, -0.15) is 5.10 Å². The quantitative estimate of drug-likeness (QED) is 0.850. The molecule has 16 heavy (non-hydrogen) atoms. The van der Waals surface area contributed by atoms with Crippen molar-refractivity contribution >= 4 is 17.0 Å². The van der Waals surface area contributed by atoms with Crippen LogP contribution in [0, 0.1) is 0 Å². The number of pyridine rings is 1. The molecule has 2 rings (SSSR count). The molecule has 1 atom stereocenters. The van der Waals surface area contributed by atoms with E-state index in [9.17, 15) is 4.79 Å². The van der Waals surface area contributed by atoms with Gasteiger partial charge >= 0.3 is 5.97 Å². The molecule has 0 aliphatic carbocycles. The summed E-state index contributed by atoms with van der Waals surface area (Å²) in [5.74, 6) is -0.826. The fourth-order valence-electron chi connectivity index (χ4n) is 1.71. The average Bonchev–Trinajstić information content (AvgIpc) is 2.59. The summed E-state index contributed by atoms with van der Waals surface area (Å²) in [6, 6.07) is 1.95. The molecule has 5 nitrogen and oxygen atoms in total. The number of hydrogen-bond donors (Lipinski definition) is 1. The Hall–Kier alpha value is -1.91. The Morgan fingerprint density at radius 1 is 1.56 bits per heavy atom. The maximum Gasteiger partial charge on any atom is 0.303 e. The number of fused-ring (bicyclic) bond motifs is 1. The highest BCUT2D eigenvalue weighted by Crippen LogP contribution is 2.21. The first kappa shape index (κ1) is 10.6. The van der Waals surface area contributed by atoms with E-state index >= 15 is 0 Å². The number of carbonyl (C=O) groups is 1. The zero-order chi connectivity index (χ0) is 11.7. The highest BCUT2D eigenvalue weighted by atomic mass is 16.4. The first-order chi connectivity index (χ1) is 7.58. The van der Waals surface area contributed by atoms with E-state index in [1.54, 1.807) is 17.1 Å². The van der Waals surface area contributed by atoms with E-state index < -0.39 is 5.97 Å². The van der Waals surface area contributed by atoms with Crippen molar-refractivity contribution in [1.82, 2.24) is 14.8 Å². The Labute approximate surface area is 92.7 Å². The third-order valence-corrected chi connectivity index (χ3v) is 2.64. The van der Waals surface area contributed by atoms with E-state index in [0.29, 0.717) is 0 Å². The fraction of sp³-hybridized carbons (Fsp3) is 0.364. The van der Waals surface area contributed by atoms with Crippen LogP contribution in [0.1, 0.15) is 24.8 Å². The zero-order valence-corrected chi connectivity index (χ0v) is 9.21. The zero-order valence-electron chi connectivity index (χ0n) is 9.21. The second-order valence-electron chi connectivity index (χ2n) is 3.95. The molecule has 2 aromatic rings. The lowest BCUT2D eigenvalue weighted by atomic mass is 9.99. The van der Waals surface area contributed by atoms with Crippen LogP contribution in [0.5, 0.6) is 0 Å². The number of aliphatic carboxylic acids is 1. The molecule has 2 aromatic heterocycles. The van der Waals surface area contributed by atoms with Gasteiger partial charge in [-0.05, 0) is 17.5 Å².